The third kappa shape index (κ3) is 6.23. The number of likely N-dealkylation sites (tertiary alicyclic amines) is 1. The summed E-state index contributed by atoms with van der Waals surface area (Å²) >= 11 is 6.45. The quantitative estimate of drug-likeness (QED) is 0.284. The Kier molecular flexibility index (Phi) is 9.72. The van der Waals surface area contributed by atoms with Crippen molar-refractivity contribution in [3.8, 4) is 0 Å². The van der Waals surface area contributed by atoms with Crippen molar-refractivity contribution in [2.24, 2.45) is 23.5 Å². The Balaban J connectivity index is 0.00000417. The van der Waals surface area contributed by atoms with Gasteiger partial charge in [0.2, 0.25) is 21.8 Å². The van der Waals surface area contributed by atoms with Gasteiger partial charge in [-0.1, -0.05) is 49.1 Å². The van der Waals surface area contributed by atoms with Gasteiger partial charge in [0.25, 0.3) is 5.91 Å². The van der Waals surface area contributed by atoms with Gasteiger partial charge in [-0.15, -0.1) is 19.0 Å². The van der Waals surface area contributed by atoms with Crippen molar-refractivity contribution < 1.29 is 32.7 Å². The maximum atomic E-state index is 14.1. The second-order valence-electron chi connectivity index (χ2n) is 13.3. The van der Waals surface area contributed by atoms with E-state index in [0.717, 1.165) is 37.7 Å². The van der Waals surface area contributed by atoms with E-state index >= 15 is 0 Å². The number of nitrogens with one attached hydrogen (secondary N) is 2. The molecule has 6 atom stereocenters. The number of nitrogens with zero attached hydrogens (tertiary/aromatic N) is 2. The lowest BCUT2D eigenvalue weighted by atomic mass is 9.83. The molecule has 2 aliphatic heterocycles. The van der Waals surface area contributed by atoms with E-state index in [2.05, 4.69) is 16.6 Å². The topological polar surface area (TPSA) is 179 Å². The second-order valence-corrected chi connectivity index (χ2v) is 15.6. The minimum atomic E-state index is -3.87. The molecule has 252 valence electrons. The second kappa shape index (κ2) is 13.0. The van der Waals surface area contributed by atoms with E-state index in [-0.39, 0.29) is 50.2 Å². The summed E-state index contributed by atoms with van der Waals surface area (Å²) < 4.78 is 27.3. The van der Waals surface area contributed by atoms with Crippen LogP contribution < -0.4 is 15.8 Å². The molecule has 3 saturated carbocycles. The molecule has 1 aromatic carbocycles. The molecule has 5 aliphatic rings. The van der Waals surface area contributed by atoms with E-state index in [0.29, 0.717) is 23.4 Å². The van der Waals surface area contributed by atoms with Gasteiger partial charge < -0.3 is 21.1 Å². The number of hydrogen-bond acceptors (Lipinski definition) is 7. The number of halogens is 2. The molecule has 5 N–H and O–H groups in total. The van der Waals surface area contributed by atoms with Gasteiger partial charge in [-0.25, -0.2) is 13.2 Å². The van der Waals surface area contributed by atoms with Crippen LogP contribution in [-0.2, 0) is 31.0 Å². The van der Waals surface area contributed by atoms with Gasteiger partial charge in [0.15, 0.2) is 0 Å². The summed E-state index contributed by atoms with van der Waals surface area (Å²) in [6.45, 7) is 3.91. The molecule has 12 nitrogen and oxygen atoms in total. The Hall–Kier alpha value is -2.87. The molecule has 1 saturated heterocycles. The van der Waals surface area contributed by atoms with Crippen LogP contribution in [0.4, 0.5) is 4.79 Å². The molecule has 0 spiro atoms. The number of carboxylic acid groups (broad SMARTS) is 1. The first-order valence-corrected chi connectivity index (χ1v) is 17.6. The summed E-state index contributed by atoms with van der Waals surface area (Å²) in [5.74, 6) is -2.82. The highest BCUT2D eigenvalue weighted by molar-refractivity contribution is 7.91. The Morgan fingerprint density at radius 3 is 2.41 bits per heavy atom. The fraction of sp³-hybridized carbons (Fsp3) is 0.613. The summed E-state index contributed by atoms with van der Waals surface area (Å²) in [6, 6.07) is 2.74. The van der Waals surface area contributed by atoms with Gasteiger partial charge in [-0.2, -0.15) is 0 Å². The Labute approximate surface area is 279 Å². The largest absolute Gasteiger partial charge is 0.465 e. The number of fused-ring (bicyclic) bond motifs is 1. The number of rotatable bonds is 9. The molecule has 0 bridgehead atoms. The number of hydrogen-bond donors (Lipinski definition) is 4. The molecule has 2 heterocycles. The maximum Gasteiger partial charge on any atom is 0.408 e. The molecular weight excluding hydrogens is 657 g/mol. The molecular formula is C31H41Cl2N5O7S. The van der Waals surface area contributed by atoms with Crippen molar-refractivity contribution in [2.45, 2.75) is 93.2 Å². The van der Waals surface area contributed by atoms with Crippen LogP contribution >= 0.6 is 24.0 Å². The van der Waals surface area contributed by atoms with E-state index in [9.17, 15) is 32.7 Å². The van der Waals surface area contributed by atoms with Crippen LogP contribution in [-0.4, -0.2) is 76.6 Å². The first-order chi connectivity index (χ1) is 21.4. The zero-order valence-electron chi connectivity index (χ0n) is 25.4. The highest BCUT2D eigenvalue weighted by Gasteiger charge is 2.62. The zero-order valence-corrected chi connectivity index (χ0v) is 27.8. The summed E-state index contributed by atoms with van der Waals surface area (Å²) in [4.78, 5) is 56.6. The Morgan fingerprint density at radius 1 is 1.11 bits per heavy atom. The standard InChI is InChI=1S/C31H40ClN5O7S.ClH/c1-2-19-14-31(19,29(40)35-45(43,44)20-11-12-20)34-27(38)24-13-18(15-36(24)28(39)25(33)17-7-4-3-5-8-17)26-21-9-6-10-23(32)22(21)16-37(26)30(41)42;/h2,6,9-10,17-20,24-26H,1,3-5,7-8,11-16,33H2,(H,34,38)(H,35,40)(H,41,42);1H/t18-,19-,24+,25+,26?,31-;/m1./s1. The number of sulfonamides is 1. The van der Waals surface area contributed by atoms with E-state index in [4.69, 9.17) is 17.3 Å². The van der Waals surface area contributed by atoms with E-state index in [1.807, 2.05) is 6.07 Å². The van der Waals surface area contributed by atoms with Crippen molar-refractivity contribution in [3.63, 3.8) is 0 Å². The van der Waals surface area contributed by atoms with Crippen LogP contribution in [0.15, 0.2) is 30.9 Å². The molecule has 6 rings (SSSR count). The summed E-state index contributed by atoms with van der Waals surface area (Å²) in [5, 5.41) is 12.7. The molecule has 4 fully saturated rings. The number of benzene rings is 1. The third-order valence-corrected chi connectivity index (χ3v) is 12.6. The Morgan fingerprint density at radius 2 is 1.80 bits per heavy atom. The lowest BCUT2D eigenvalue weighted by Crippen LogP contribution is -2.58. The van der Waals surface area contributed by atoms with Crippen molar-refractivity contribution in [2.75, 3.05) is 6.54 Å². The molecule has 3 aliphatic carbocycles. The molecule has 0 radical (unpaired) electrons. The predicted octanol–water partition coefficient (Wildman–Crippen LogP) is 3.09. The van der Waals surface area contributed by atoms with Crippen molar-refractivity contribution in [3.05, 3.63) is 47.0 Å². The molecule has 15 heteroatoms. The van der Waals surface area contributed by atoms with E-state index in [1.54, 1.807) is 12.1 Å². The van der Waals surface area contributed by atoms with Crippen LogP contribution in [0.1, 0.15) is 75.0 Å². The summed E-state index contributed by atoms with van der Waals surface area (Å²) in [6.07, 6.45) is 6.22. The lowest BCUT2D eigenvalue weighted by Gasteiger charge is -2.33. The number of carbonyl (C=O) groups is 4. The molecule has 46 heavy (non-hydrogen) atoms. The van der Waals surface area contributed by atoms with Crippen molar-refractivity contribution in [1.82, 2.24) is 19.8 Å². The smallest absolute Gasteiger partial charge is 0.408 e. The summed E-state index contributed by atoms with van der Waals surface area (Å²) in [7, 11) is -3.87. The minimum Gasteiger partial charge on any atom is -0.465 e. The van der Waals surface area contributed by atoms with Gasteiger partial charge in [-0.05, 0) is 61.6 Å². The molecule has 1 aromatic rings. The number of nitrogens with two attached hydrogens (primary N) is 1. The van der Waals surface area contributed by atoms with E-state index < -0.39 is 68.7 Å². The number of carbonyl (C=O) groups excluding carboxylic acids is 3. The van der Waals surface area contributed by atoms with Gasteiger partial charge in [0.05, 0.1) is 23.9 Å². The van der Waals surface area contributed by atoms with Crippen molar-refractivity contribution in [1.29, 1.82) is 0 Å². The molecule has 0 aromatic heterocycles. The SMILES string of the molecule is C=C[C@@H]1C[C@]1(NC(=O)[C@@H]1C[C@@H](C2c3cccc(Cl)c3CN2C(=O)O)CN1C(=O)[C@@H](N)C1CCCCC1)C(=O)NS(=O)(=O)C1CC1.Cl. The van der Waals surface area contributed by atoms with Crippen LogP contribution in [0.3, 0.4) is 0 Å². The molecule has 1 unspecified atom stereocenters. The fourth-order valence-electron chi connectivity index (χ4n) is 7.65. The lowest BCUT2D eigenvalue weighted by molar-refractivity contribution is -0.141. The zero-order chi connectivity index (χ0) is 32.3. The van der Waals surface area contributed by atoms with Crippen LogP contribution in [0.25, 0.3) is 0 Å². The highest BCUT2D eigenvalue weighted by Crippen LogP contribution is 2.48. The Bertz CT molecular complexity index is 1530. The van der Waals surface area contributed by atoms with Crippen LogP contribution in [0, 0.1) is 17.8 Å². The summed E-state index contributed by atoms with van der Waals surface area (Å²) in [5.41, 5.74) is 6.46. The van der Waals surface area contributed by atoms with Crippen LogP contribution in [0.2, 0.25) is 5.02 Å². The normalized spacial score (nSPS) is 29.7. The van der Waals surface area contributed by atoms with Crippen molar-refractivity contribution >= 4 is 57.8 Å². The fourth-order valence-corrected chi connectivity index (χ4v) is 9.25. The first-order valence-electron chi connectivity index (χ1n) is 15.7. The first kappa shape index (κ1) is 34.5. The van der Waals surface area contributed by atoms with E-state index in [1.165, 1.54) is 15.9 Å². The highest BCUT2D eigenvalue weighted by atomic mass is 35.5. The minimum absolute atomic E-state index is 0. The average molecular weight is 699 g/mol. The molecule has 4 amide bonds. The van der Waals surface area contributed by atoms with Gasteiger partial charge in [0, 0.05) is 23.4 Å². The number of amides is 4. The van der Waals surface area contributed by atoms with Gasteiger partial charge in [-0.3, -0.25) is 24.0 Å². The monoisotopic (exact) mass is 697 g/mol. The average Bonchev–Trinajstić information content (AvgIpc) is 3.91. The predicted molar refractivity (Wildman–Crippen MR) is 172 cm³/mol. The third-order valence-electron chi connectivity index (χ3n) is 10.4. The maximum absolute atomic E-state index is 14.1. The van der Waals surface area contributed by atoms with Gasteiger partial charge in [0.1, 0.15) is 11.6 Å². The van der Waals surface area contributed by atoms with Gasteiger partial charge >= 0.3 is 6.09 Å². The van der Waals surface area contributed by atoms with Crippen LogP contribution in [0.5, 0.6) is 0 Å².